The second kappa shape index (κ2) is 7.10. The van der Waals surface area contributed by atoms with E-state index >= 15 is 0 Å². The minimum Gasteiger partial charge on any atom is -0.409 e. The van der Waals surface area contributed by atoms with Crippen LogP contribution in [0.25, 0.3) is 0 Å². The van der Waals surface area contributed by atoms with Gasteiger partial charge in [0, 0.05) is 31.1 Å². The van der Waals surface area contributed by atoms with E-state index in [1.807, 2.05) is 13.8 Å². The monoisotopic (exact) mass is 270 g/mol. The molecule has 5 nitrogen and oxygen atoms in total. The van der Waals surface area contributed by atoms with Crippen LogP contribution in [0, 0.1) is 5.41 Å². The van der Waals surface area contributed by atoms with Crippen molar-refractivity contribution in [2.75, 3.05) is 33.2 Å². The predicted octanol–water partition coefficient (Wildman–Crippen LogP) is 1.57. The van der Waals surface area contributed by atoms with Crippen molar-refractivity contribution in [1.82, 2.24) is 9.80 Å². The van der Waals surface area contributed by atoms with Crippen LogP contribution >= 0.6 is 0 Å². The number of nitrogens with zero attached hydrogens (tertiary/aromatic N) is 3. The fourth-order valence-corrected chi connectivity index (χ4v) is 2.49. The Morgan fingerprint density at radius 2 is 2.05 bits per heavy atom. The van der Waals surface area contributed by atoms with E-state index in [9.17, 15) is 0 Å². The van der Waals surface area contributed by atoms with Gasteiger partial charge in [0.25, 0.3) is 0 Å². The number of likely N-dealkylation sites (N-methyl/N-ethyl adjacent to an activating group) is 1. The molecule has 1 aliphatic heterocycles. The Balaban J connectivity index is 2.21. The topological polar surface area (TPSA) is 65.1 Å². The van der Waals surface area contributed by atoms with Gasteiger partial charge in [-0.2, -0.15) is 0 Å². The van der Waals surface area contributed by atoms with E-state index in [1.54, 1.807) is 0 Å². The van der Waals surface area contributed by atoms with Crippen LogP contribution in [0.2, 0.25) is 0 Å². The zero-order chi connectivity index (χ0) is 14.5. The third-order valence-electron chi connectivity index (χ3n) is 4.37. The number of rotatable bonds is 6. The molecule has 0 radical (unpaired) electrons. The van der Waals surface area contributed by atoms with Crippen molar-refractivity contribution in [2.45, 2.75) is 46.1 Å². The molecule has 1 saturated heterocycles. The number of oxime groups is 1. The SMILES string of the molecule is CC1CN(CCCCC(C)(C)C(N)=NO)CCN1C. The van der Waals surface area contributed by atoms with Crippen molar-refractivity contribution in [2.24, 2.45) is 16.3 Å². The Morgan fingerprint density at radius 1 is 1.37 bits per heavy atom. The first-order valence-electron chi connectivity index (χ1n) is 7.27. The molecule has 1 rings (SSSR count). The van der Waals surface area contributed by atoms with Crippen LogP contribution in [0.15, 0.2) is 5.16 Å². The molecule has 112 valence electrons. The van der Waals surface area contributed by atoms with Gasteiger partial charge in [-0.1, -0.05) is 25.4 Å². The number of piperazine rings is 1. The van der Waals surface area contributed by atoms with Gasteiger partial charge in [-0.15, -0.1) is 0 Å². The smallest absolute Gasteiger partial charge is 0.144 e. The van der Waals surface area contributed by atoms with Crippen molar-refractivity contribution in [1.29, 1.82) is 0 Å². The van der Waals surface area contributed by atoms with Crippen molar-refractivity contribution >= 4 is 5.84 Å². The predicted molar refractivity (Wildman–Crippen MR) is 79.6 cm³/mol. The molecule has 5 heteroatoms. The van der Waals surface area contributed by atoms with Crippen LogP contribution in [-0.2, 0) is 0 Å². The van der Waals surface area contributed by atoms with Gasteiger partial charge < -0.3 is 20.7 Å². The first-order chi connectivity index (χ1) is 8.86. The molecule has 19 heavy (non-hydrogen) atoms. The Labute approximate surface area is 117 Å². The highest BCUT2D eigenvalue weighted by atomic mass is 16.4. The lowest BCUT2D eigenvalue weighted by Crippen LogP contribution is -2.50. The Bertz CT molecular complexity index is 304. The van der Waals surface area contributed by atoms with Crippen molar-refractivity contribution in [3.8, 4) is 0 Å². The average molecular weight is 270 g/mol. The number of hydrogen-bond donors (Lipinski definition) is 2. The number of unbranched alkanes of at least 4 members (excludes halogenated alkanes) is 1. The summed E-state index contributed by atoms with van der Waals surface area (Å²) in [5, 5.41) is 11.9. The third kappa shape index (κ3) is 4.99. The summed E-state index contributed by atoms with van der Waals surface area (Å²) in [7, 11) is 2.20. The summed E-state index contributed by atoms with van der Waals surface area (Å²) in [6, 6.07) is 0.655. The lowest BCUT2D eigenvalue weighted by molar-refractivity contribution is 0.103. The third-order valence-corrected chi connectivity index (χ3v) is 4.37. The molecule has 1 fully saturated rings. The molecule has 0 aromatic rings. The van der Waals surface area contributed by atoms with Gasteiger partial charge >= 0.3 is 0 Å². The Hall–Kier alpha value is -0.810. The van der Waals surface area contributed by atoms with E-state index in [4.69, 9.17) is 10.9 Å². The maximum atomic E-state index is 8.73. The molecule has 1 unspecified atom stereocenters. The molecule has 0 spiro atoms. The quantitative estimate of drug-likeness (QED) is 0.253. The summed E-state index contributed by atoms with van der Waals surface area (Å²) in [6.45, 7) is 11.0. The molecule has 0 bridgehead atoms. The number of nitrogens with two attached hydrogens (primary N) is 1. The largest absolute Gasteiger partial charge is 0.409 e. The lowest BCUT2D eigenvalue weighted by atomic mass is 9.86. The average Bonchev–Trinajstić information content (AvgIpc) is 2.37. The highest BCUT2D eigenvalue weighted by Gasteiger charge is 2.23. The van der Waals surface area contributed by atoms with Crippen LogP contribution in [0.5, 0.6) is 0 Å². The molecule has 0 saturated carbocycles. The maximum Gasteiger partial charge on any atom is 0.144 e. The molecular formula is C14H30N4O. The van der Waals surface area contributed by atoms with Gasteiger partial charge in [-0.3, -0.25) is 0 Å². The summed E-state index contributed by atoms with van der Waals surface area (Å²) >= 11 is 0. The molecule has 0 aromatic heterocycles. The van der Waals surface area contributed by atoms with Crippen molar-refractivity contribution in [3.63, 3.8) is 0 Å². The fourth-order valence-electron chi connectivity index (χ4n) is 2.49. The first-order valence-corrected chi connectivity index (χ1v) is 7.27. The van der Waals surface area contributed by atoms with E-state index in [0.717, 1.165) is 25.9 Å². The Morgan fingerprint density at radius 3 is 2.63 bits per heavy atom. The Kier molecular flexibility index (Phi) is 6.07. The zero-order valence-corrected chi connectivity index (χ0v) is 12.9. The fraction of sp³-hybridized carbons (Fsp3) is 0.929. The molecule has 3 N–H and O–H groups in total. The van der Waals surface area contributed by atoms with Gasteiger partial charge in [-0.25, -0.2) is 0 Å². The van der Waals surface area contributed by atoms with Gasteiger partial charge in [0.05, 0.1) is 0 Å². The summed E-state index contributed by atoms with van der Waals surface area (Å²) in [4.78, 5) is 4.96. The minimum atomic E-state index is -0.204. The summed E-state index contributed by atoms with van der Waals surface area (Å²) in [6.07, 6.45) is 3.26. The van der Waals surface area contributed by atoms with Crippen molar-refractivity contribution < 1.29 is 5.21 Å². The first kappa shape index (κ1) is 16.2. The minimum absolute atomic E-state index is 0.204. The van der Waals surface area contributed by atoms with E-state index < -0.39 is 0 Å². The van der Waals surface area contributed by atoms with E-state index in [-0.39, 0.29) is 5.41 Å². The lowest BCUT2D eigenvalue weighted by Gasteiger charge is -2.37. The number of hydrogen-bond acceptors (Lipinski definition) is 4. The van der Waals surface area contributed by atoms with Crippen LogP contribution in [0.3, 0.4) is 0 Å². The van der Waals surface area contributed by atoms with Crippen LogP contribution < -0.4 is 5.73 Å². The standard InChI is InChI=1S/C14H30N4O/c1-12-11-18(10-9-17(12)4)8-6-5-7-14(2,3)13(15)16-19/h12,19H,5-11H2,1-4H3,(H2,15,16). The summed E-state index contributed by atoms with van der Waals surface area (Å²) < 4.78 is 0. The summed E-state index contributed by atoms with van der Waals surface area (Å²) in [5.41, 5.74) is 5.49. The second-order valence-corrected chi connectivity index (χ2v) is 6.46. The van der Waals surface area contributed by atoms with Crippen LogP contribution in [0.4, 0.5) is 0 Å². The molecule has 1 heterocycles. The van der Waals surface area contributed by atoms with E-state index in [1.165, 1.54) is 19.5 Å². The molecule has 1 aliphatic rings. The highest BCUT2D eigenvalue weighted by molar-refractivity contribution is 5.85. The van der Waals surface area contributed by atoms with Gasteiger partial charge in [-0.05, 0) is 33.4 Å². The van der Waals surface area contributed by atoms with Gasteiger partial charge in [0.2, 0.25) is 0 Å². The van der Waals surface area contributed by atoms with Gasteiger partial charge in [0.15, 0.2) is 0 Å². The van der Waals surface area contributed by atoms with Crippen LogP contribution in [-0.4, -0.2) is 60.1 Å². The molecular weight excluding hydrogens is 240 g/mol. The van der Waals surface area contributed by atoms with E-state index in [2.05, 4.69) is 28.9 Å². The normalized spacial score (nSPS) is 23.8. The van der Waals surface area contributed by atoms with E-state index in [0.29, 0.717) is 11.9 Å². The summed E-state index contributed by atoms with van der Waals surface area (Å²) in [5.74, 6) is 0.334. The molecule has 0 aromatic carbocycles. The zero-order valence-electron chi connectivity index (χ0n) is 12.9. The second-order valence-electron chi connectivity index (χ2n) is 6.46. The molecule has 0 amide bonds. The maximum absolute atomic E-state index is 8.73. The van der Waals surface area contributed by atoms with Gasteiger partial charge in [0.1, 0.15) is 5.84 Å². The number of amidine groups is 1. The van der Waals surface area contributed by atoms with Crippen molar-refractivity contribution in [3.05, 3.63) is 0 Å². The highest BCUT2D eigenvalue weighted by Crippen LogP contribution is 2.23. The molecule has 1 atom stereocenters. The van der Waals surface area contributed by atoms with Crippen LogP contribution in [0.1, 0.15) is 40.0 Å². The molecule has 0 aliphatic carbocycles.